The third-order valence-corrected chi connectivity index (χ3v) is 4.98. The van der Waals surface area contributed by atoms with E-state index in [0.29, 0.717) is 19.7 Å². The van der Waals surface area contributed by atoms with Gasteiger partial charge in [0.2, 0.25) is 0 Å². The number of carbonyl (C=O) groups is 1. The van der Waals surface area contributed by atoms with Crippen molar-refractivity contribution < 1.29 is 23.9 Å². The van der Waals surface area contributed by atoms with Crippen LogP contribution in [0, 0.1) is 0 Å². The average Bonchev–Trinajstić information content (AvgIpc) is 3.05. The van der Waals surface area contributed by atoms with Crippen molar-refractivity contribution in [1.29, 1.82) is 0 Å². The minimum Gasteiger partial charge on any atom is -0.497 e. The molecule has 156 valence electrons. The summed E-state index contributed by atoms with van der Waals surface area (Å²) < 4.78 is 16.8. The summed E-state index contributed by atoms with van der Waals surface area (Å²) in [7, 11) is 3.67. The smallest absolute Gasteiger partial charge is 0.275 e. The van der Waals surface area contributed by atoms with Crippen LogP contribution in [0.5, 0.6) is 17.2 Å². The summed E-state index contributed by atoms with van der Waals surface area (Å²) in [6, 6.07) is 12.0. The summed E-state index contributed by atoms with van der Waals surface area (Å²) in [5, 5.41) is 3.02. The summed E-state index contributed by atoms with van der Waals surface area (Å²) in [6.07, 6.45) is 1.07. The maximum absolute atomic E-state index is 12.4. The fourth-order valence-electron chi connectivity index (χ4n) is 3.59. The lowest BCUT2D eigenvalue weighted by molar-refractivity contribution is -0.885. The van der Waals surface area contributed by atoms with Gasteiger partial charge in [-0.2, -0.15) is 0 Å². The molecule has 0 radical (unpaired) electrons. The number of hydrogen-bond donors (Lipinski definition) is 2. The van der Waals surface area contributed by atoms with E-state index >= 15 is 0 Å². The zero-order valence-corrected chi connectivity index (χ0v) is 17.7. The second kappa shape index (κ2) is 9.65. The molecule has 2 aromatic carbocycles. The van der Waals surface area contributed by atoms with E-state index in [9.17, 15) is 4.79 Å². The molecule has 0 saturated carbocycles. The van der Waals surface area contributed by atoms with Gasteiger partial charge in [-0.25, -0.2) is 0 Å². The highest BCUT2D eigenvalue weighted by Gasteiger charge is 2.22. The first-order valence-electron chi connectivity index (χ1n) is 10.1. The maximum atomic E-state index is 12.4. The molecule has 0 fully saturated rings. The first-order chi connectivity index (χ1) is 14.0. The number of ether oxygens (including phenoxy) is 3. The molecule has 2 N–H and O–H groups in total. The Labute approximate surface area is 172 Å². The molecule has 0 aliphatic carbocycles. The third-order valence-electron chi connectivity index (χ3n) is 4.98. The number of fused-ring (bicyclic) bond motifs is 1. The van der Waals surface area contributed by atoms with E-state index in [-0.39, 0.29) is 12.0 Å². The van der Waals surface area contributed by atoms with E-state index in [1.54, 1.807) is 7.11 Å². The van der Waals surface area contributed by atoms with Crippen LogP contribution in [0.4, 0.5) is 0 Å². The molecule has 1 amide bonds. The van der Waals surface area contributed by atoms with E-state index in [4.69, 9.17) is 14.2 Å². The first kappa shape index (κ1) is 21.0. The number of methoxy groups -OCH3 is 1. The number of amides is 1. The molecule has 29 heavy (non-hydrogen) atoms. The fraction of sp³-hybridized carbons (Fsp3) is 0.435. The summed E-state index contributed by atoms with van der Waals surface area (Å²) >= 11 is 0. The van der Waals surface area contributed by atoms with Crippen molar-refractivity contribution in [3.05, 3.63) is 53.1 Å². The van der Waals surface area contributed by atoms with Crippen LogP contribution in [0.2, 0.25) is 0 Å². The normalized spacial score (nSPS) is 15.9. The van der Waals surface area contributed by atoms with Crippen LogP contribution in [0.25, 0.3) is 0 Å². The molecule has 6 nitrogen and oxygen atoms in total. The van der Waals surface area contributed by atoms with Crippen molar-refractivity contribution in [1.82, 2.24) is 5.32 Å². The molecule has 1 aliphatic heterocycles. The fourth-order valence-corrected chi connectivity index (χ4v) is 3.59. The molecule has 0 aromatic heterocycles. The Morgan fingerprint density at radius 3 is 2.72 bits per heavy atom. The Morgan fingerprint density at radius 1 is 1.28 bits per heavy atom. The molecular formula is C23H31N2O4+. The molecular weight excluding hydrogens is 368 g/mol. The number of hydrogen-bond acceptors (Lipinski definition) is 4. The van der Waals surface area contributed by atoms with Gasteiger partial charge in [-0.15, -0.1) is 0 Å². The molecule has 2 atom stereocenters. The van der Waals surface area contributed by atoms with Gasteiger partial charge in [-0.3, -0.25) is 4.79 Å². The molecule has 2 aromatic rings. The predicted molar refractivity (Wildman–Crippen MR) is 112 cm³/mol. The summed E-state index contributed by atoms with van der Waals surface area (Å²) in [5.41, 5.74) is 3.28. The molecule has 0 bridgehead atoms. The maximum Gasteiger partial charge on any atom is 0.275 e. The van der Waals surface area contributed by atoms with Crippen LogP contribution in [-0.2, 0) is 24.3 Å². The molecule has 1 aliphatic rings. The monoisotopic (exact) mass is 399 g/mol. The molecule has 1 heterocycles. The van der Waals surface area contributed by atoms with Crippen molar-refractivity contribution in [2.24, 2.45) is 0 Å². The number of nitrogens with one attached hydrogen (secondary N) is 2. The van der Waals surface area contributed by atoms with Gasteiger partial charge in [0.15, 0.2) is 6.54 Å². The number of quaternary nitrogens is 1. The van der Waals surface area contributed by atoms with Gasteiger partial charge in [0.05, 0.1) is 20.8 Å². The lowest BCUT2D eigenvalue weighted by Gasteiger charge is -2.16. The number of likely N-dealkylation sites (N-methyl/N-ethyl adjacent to an activating group) is 1. The van der Waals surface area contributed by atoms with Gasteiger partial charge in [-0.05, 0) is 50.2 Å². The summed E-state index contributed by atoms with van der Waals surface area (Å²) in [4.78, 5) is 13.6. The largest absolute Gasteiger partial charge is 0.497 e. The first-order valence-corrected chi connectivity index (χ1v) is 10.1. The van der Waals surface area contributed by atoms with E-state index in [1.165, 1.54) is 11.1 Å². The SMILES string of the molecule is CCOc1cc2c(cc1CNC(=O)C[NH+](C)Cc1ccc(OC)cc1)O[C@H](C)C2. The van der Waals surface area contributed by atoms with Crippen LogP contribution < -0.4 is 24.4 Å². The zero-order chi connectivity index (χ0) is 20.8. The van der Waals surface area contributed by atoms with E-state index in [1.807, 2.05) is 50.4 Å². The average molecular weight is 400 g/mol. The highest BCUT2D eigenvalue weighted by Crippen LogP contribution is 2.35. The lowest BCUT2D eigenvalue weighted by atomic mass is 10.1. The van der Waals surface area contributed by atoms with Gasteiger partial charge in [0.25, 0.3) is 5.91 Å². The standard InChI is InChI=1S/C23H30N2O4/c1-5-28-21-11-18-10-16(2)29-22(18)12-19(21)13-24-23(26)15-25(3)14-17-6-8-20(27-4)9-7-17/h6-9,11-12,16H,5,10,13-15H2,1-4H3,(H,24,26)/p+1/t16-/m1/s1. The van der Waals surface area contributed by atoms with Gasteiger partial charge < -0.3 is 24.4 Å². The topological polar surface area (TPSA) is 61.2 Å². The number of benzene rings is 2. The second-order valence-corrected chi connectivity index (χ2v) is 7.57. The van der Waals surface area contributed by atoms with E-state index < -0.39 is 0 Å². The summed E-state index contributed by atoms with van der Waals surface area (Å²) in [6.45, 7) is 6.20. The minimum atomic E-state index is 0.00763. The Balaban J connectivity index is 1.55. The molecule has 3 rings (SSSR count). The highest BCUT2D eigenvalue weighted by atomic mass is 16.5. The predicted octanol–water partition coefficient (Wildman–Crippen LogP) is 1.75. The Morgan fingerprint density at radius 2 is 2.03 bits per heavy atom. The van der Waals surface area contributed by atoms with Crippen molar-refractivity contribution in [3.63, 3.8) is 0 Å². The van der Waals surface area contributed by atoms with Gasteiger partial charge in [0.1, 0.15) is 29.9 Å². The van der Waals surface area contributed by atoms with Crippen LogP contribution >= 0.6 is 0 Å². The lowest BCUT2D eigenvalue weighted by Crippen LogP contribution is -3.08. The van der Waals surface area contributed by atoms with Crippen molar-refractivity contribution >= 4 is 5.91 Å². The highest BCUT2D eigenvalue weighted by molar-refractivity contribution is 5.76. The Hall–Kier alpha value is -2.73. The van der Waals surface area contributed by atoms with Crippen LogP contribution in [-0.4, -0.2) is 39.3 Å². The minimum absolute atomic E-state index is 0.00763. The second-order valence-electron chi connectivity index (χ2n) is 7.57. The van der Waals surface area contributed by atoms with E-state index in [0.717, 1.165) is 40.7 Å². The van der Waals surface area contributed by atoms with Crippen LogP contribution in [0.1, 0.15) is 30.5 Å². The van der Waals surface area contributed by atoms with E-state index in [2.05, 4.69) is 12.2 Å². The zero-order valence-electron chi connectivity index (χ0n) is 17.7. The number of rotatable bonds is 9. The molecule has 0 spiro atoms. The molecule has 1 unspecified atom stereocenters. The Bertz CT molecular complexity index is 836. The van der Waals surface area contributed by atoms with Gasteiger partial charge in [0, 0.05) is 29.7 Å². The van der Waals surface area contributed by atoms with Crippen molar-refractivity contribution in [3.8, 4) is 17.2 Å². The van der Waals surface area contributed by atoms with Gasteiger partial charge >= 0.3 is 0 Å². The molecule has 6 heteroatoms. The van der Waals surface area contributed by atoms with Crippen molar-refractivity contribution in [2.45, 2.75) is 39.5 Å². The molecule has 0 saturated heterocycles. The number of carbonyl (C=O) groups excluding carboxylic acids is 1. The third kappa shape index (κ3) is 5.64. The van der Waals surface area contributed by atoms with Crippen LogP contribution in [0.3, 0.4) is 0 Å². The van der Waals surface area contributed by atoms with Gasteiger partial charge in [-0.1, -0.05) is 0 Å². The van der Waals surface area contributed by atoms with Crippen LogP contribution in [0.15, 0.2) is 36.4 Å². The summed E-state index contributed by atoms with van der Waals surface area (Å²) in [5.74, 6) is 2.56. The Kier molecular flexibility index (Phi) is 6.99. The van der Waals surface area contributed by atoms with Crippen molar-refractivity contribution in [2.75, 3.05) is 27.3 Å². The quantitative estimate of drug-likeness (QED) is 0.675.